The first-order chi connectivity index (χ1) is 7.44. The van der Waals surface area contributed by atoms with Gasteiger partial charge in [0.25, 0.3) is 0 Å². The van der Waals surface area contributed by atoms with Crippen molar-refractivity contribution in [2.45, 2.75) is 12.5 Å². The standard InChI is InChI=1S/C12H19FN2O/c1-12(8-14,16-4)10-6-5-9(13)7-11(10)15(2)3/h5-7H,8,14H2,1-4H3. The molecule has 0 saturated heterocycles. The van der Waals surface area contributed by atoms with Gasteiger partial charge >= 0.3 is 0 Å². The zero-order valence-corrected chi connectivity index (χ0v) is 10.2. The van der Waals surface area contributed by atoms with Crippen molar-refractivity contribution >= 4 is 5.69 Å². The van der Waals surface area contributed by atoms with Crippen molar-refractivity contribution in [2.24, 2.45) is 5.73 Å². The lowest BCUT2D eigenvalue weighted by Gasteiger charge is -2.31. The van der Waals surface area contributed by atoms with Gasteiger partial charge in [-0.15, -0.1) is 0 Å². The van der Waals surface area contributed by atoms with Crippen LogP contribution in [0.3, 0.4) is 0 Å². The second-order valence-electron chi connectivity index (χ2n) is 4.20. The minimum absolute atomic E-state index is 0.261. The molecule has 0 aliphatic heterocycles. The van der Waals surface area contributed by atoms with Crippen molar-refractivity contribution in [3.63, 3.8) is 0 Å². The Kier molecular flexibility index (Phi) is 3.88. The first kappa shape index (κ1) is 12.9. The highest BCUT2D eigenvalue weighted by atomic mass is 19.1. The molecule has 1 unspecified atom stereocenters. The van der Waals surface area contributed by atoms with Gasteiger partial charge in [-0.2, -0.15) is 0 Å². The van der Waals surface area contributed by atoms with E-state index in [1.165, 1.54) is 12.1 Å². The fourth-order valence-corrected chi connectivity index (χ4v) is 1.63. The Morgan fingerprint density at radius 3 is 2.50 bits per heavy atom. The van der Waals surface area contributed by atoms with Gasteiger partial charge in [-0.25, -0.2) is 4.39 Å². The van der Waals surface area contributed by atoms with E-state index >= 15 is 0 Å². The average molecular weight is 226 g/mol. The molecule has 0 aromatic heterocycles. The quantitative estimate of drug-likeness (QED) is 0.849. The highest BCUT2D eigenvalue weighted by Crippen LogP contribution is 2.32. The number of methoxy groups -OCH3 is 1. The topological polar surface area (TPSA) is 38.5 Å². The lowest BCUT2D eigenvalue weighted by molar-refractivity contribution is 0.0105. The molecule has 0 aliphatic rings. The maximum atomic E-state index is 13.2. The van der Waals surface area contributed by atoms with Gasteiger partial charge in [0.2, 0.25) is 0 Å². The van der Waals surface area contributed by atoms with Crippen LogP contribution in [-0.2, 0) is 10.3 Å². The van der Waals surface area contributed by atoms with E-state index in [1.807, 2.05) is 25.9 Å². The molecule has 1 rings (SSSR count). The third-order valence-corrected chi connectivity index (χ3v) is 2.85. The Bertz CT molecular complexity index is 362. The number of benzene rings is 1. The van der Waals surface area contributed by atoms with Crippen LogP contribution in [0.25, 0.3) is 0 Å². The summed E-state index contributed by atoms with van der Waals surface area (Å²) in [5.41, 5.74) is 6.81. The van der Waals surface area contributed by atoms with E-state index in [0.29, 0.717) is 6.54 Å². The van der Waals surface area contributed by atoms with Crippen LogP contribution in [0.2, 0.25) is 0 Å². The lowest BCUT2D eigenvalue weighted by atomic mass is 9.93. The molecule has 90 valence electrons. The van der Waals surface area contributed by atoms with E-state index in [9.17, 15) is 4.39 Å². The summed E-state index contributed by atoms with van der Waals surface area (Å²) in [5.74, 6) is -0.261. The summed E-state index contributed by atoms with van der Waals surface area (Å²) in [6, 6.07) is 4.64. The van der Waals surface area contributed by atoms with Gasteiger partial charge in [-0.3, -0.25) is 0 Å². The number of rotatable bonds is 4. The van der Waals surface area contributed by atoms with Crippen molar-refractivity contribution in [3.05, 3.63) is 29.6 Å². The smallest absolute Gasteiger partial charge is 0.125 e. The number of nitrogens with zero attached hydrogens (tertiary/aromatic N) is 1. The predicted octanol–water partition coefficient (Wildman–Crippen LogP) is 1.71. The van der Waals surface area contributed by atoms with Crippen molar-refractivity contribution in [2.75, 3.05) is 32.6 Å². The number of hydrogen-bond acceptors (Lipinski definition) is 3. The van der Waals surface area contributed by atoms with E-state index < -0.39 is 5.60 Å². The molecule has 0 spiro atoms. The van der Waals surface area contributed by atoms with Crippen molar-refractivity contribution in [1.29, 1.82) is 0 Å². The van der Waals surface area contributed by atoms with Crippen LogP contribution in [0.15, 0.2) is 18.2 Å². The minimum Gasteiger partial charge on any atom is -0.377 e. The molecule has 0 aliphatic carbocycles. The molecule has 1 aromatic carbocycles. The van der Waals surface area contributed by atoms with E-state index in [1.54, 1.807) is 13.2 Å². The third-order valence-electron chi connectivity index (χ3n) is 2.85. The zero-order chi connectivity index (χ0) is 12.3. The molecule has 1 atom stereocenters. The van der Waals surface area contributed by atoms with Gasteiger partial charge in [0.15, 0.2) is 0 Å². The van der Waals surface area contributed by atoms with Crippen LogP contribution in [0.4, 0.5) is 10.1 Å². The van der Waals surface area contributed by atoms with E-state index in [2.05, 4.69) is 0 Å². The highest BCUT2D eigenvalue weighted by molar-refractivity contribution is 5.55. The summed E-state index contributed by atoms with van der Waals surface area (Å²) in [4.78, 5) is 1.85. The third kappa shape index (κ3) is 2.33. The predicted molar refractivity (Wildman–Crippen MR) is 64.1 cm³/mol. The van der Waals surface area contributed by atoms with Crippen molar-refractivity contribution < 1.29 is 9.13 Å². The SMILES string of the molecule is COC(C)(CN)c1ccc(F)cc1N(C)C. The summed E-state index contributed by atoms with van der Waals surface area (Å²) in [7, 11) is 5.34. The Labute approximate surface area is 96.0 Å². The summed E-state index contributed by atoms with van der Waals surface area (Å²) >= 11 is 0. The second kappa shape index (κ2) is 4.80. The average Bonchev–Trinajstić information content (AvgIpc) is 2.27. The summed E-state index contributed by atoms with van der Waals surface area (Å²) in [5, 5.41) is 0. The molecule has 2 N–H and O–H groups in total. The Balaban J connectivity index is 3.32. The molecule has 0 saturated carbocycles. The van der Waals surface area contributed by atoms with E-state index in [0.717, 1.165) is 11.3 Å². The number of anilines is 1. The van der Waals surface area contributed by atoms with Crippen LogP contribution >= 0.6 is 0 Å². The number of ether oxygens (including phenoxy) is 1. The number of nitrogens with two attached hydrogens (primary N) is 1. The minimum atomic E-state index is -0.590. The zero-order valence-electron chi connectivity index (χ0n) is 10.2. The van der Waals surface area contributed by atoms with Crippen LogP contribution in [0.1, 0.15) is 12.5 Å². The van der Waals surface area contributed by atoms with Gasteiger partial charge < -0.3 is 15.4 Å². The summed E-state index contributed by atoms with van der Waals surface area (Å²) in [6.45, 7) is 2.24. The first-order valence-corrected chi connectivity index (χ1v) is 5.17. The van der Waals surface area contributed by atoms with Crippen LogP contribution in [0, 0.1) is 5.82 Å². The fourth-order valence-electron chi connectivity index (χ4n) is 1.63. The van der Waals surface area contributed by atoms with Gasteiger partial charge in [0.1, 0.15) is 11.4 Å². The Hall–Kier alpha value is -1.13. The fraction of sp³-hybridized carbons (Fsp3) is 0.500. The van der Waals surface area contributed by atoms with Crippen LogP contribution in [-0.4, -0.2) is 27.7 Å². The maximum absolute atomic E-state index is 13.2. The Morgan fingerprint density at radius 2 is 2.06 bits per heavy atom. The lowest BCUT2D eigenvalue weighted by Crippen LogP contribution is -2.35. The normalized spacial score (nSPS) is 14.6. The maximum Gasteiger partial charge on any atom is 0.125 e. The molecule has 4 heteroatoms. The van der Waals surface area contributed by atoms with E-state index in [4.69, 9.17) is 10.5 Å². The summed E-state index contributed by atoms with van der Waals surface area (Å²) < 4.78 is 18.6. The second-order valence-corrected chi connectivity index (χ2v) is 4.20. The molecule has 0 heterocycles. The molecule has 0 bridgehead atoms. The first-order valence-electron chi connectivity index (χ1n) is 5.17. The molecule has 16 heavy (non-hydrogen) atoms. The molecule has 0 radical (unpaired) electrons. The largest absolute Gasteiger partial charge is 0.377 e. The molecule has 0 amide bonds. The van der Waals surface area contributed by atoms with Crippen LogP contribution in [0.5, 0.6) is 0 Å². The van der Waals surface area contributed by atoms with Gasteiger partial charge in [-0.1, -0.05) is 6.07 Å². The van der Waals surface area contributed by atoms with Crippen LogP contribution < -0.4 is 10.6 Å². The van der Waals surface area contributed by atoms with E-state index in [-0.39, 0.29) is 5.82 Å². The highest BCUT2D eigenvalue weighted by Gasteiger charge is 2.28. The molecule has 0 fully saturated rings. The molecular formula is C12H19FN2O. The van der Waals surface area contributed by atoms with Crippen molar-refractivity contribution in [1.82, 2.24) is 0 Å². The molecule has 1 aromatic rings. The van der Waals surface area contributed by atoms with Gasteiger partial charge in [-0.05, 0) is 19.1 Å². The number of halogens is 1. The molecule has 3 nitrogen and oxygen atoms in total. The van der Waals surface area contributed by atoms with Crippen molar-refractivity contribution in [3.8, 4) is 0 Å². The van der Waals surface area contributed by atoms with Gasteiger partial charge in [0, 0.05) is 39.0 Å². The summed E-state index contributed by atoms with van der Waals surface area (Å²) in [6.07, 6.45) is 0. The monoisotopic (exact) mass is 226 g/mol. The molecular weight excluding hydrogens is 207 g/mol. The number of hydrogen-bond donors (Lipinski definition) is 1. The Morgan fingerprint density at radius 1 is 1.44 bits per heavy atom. The van der Waals surface area contributed by atoms with Gasteiger partial charge in [0.05, 0.1) is 0 Å².